The molecule has 228 valence electrons. The third kappa shape index (κ3) is 4.19. The van der Waals surface area contributed by atoms with E-state index < -0.39 is 41.2 Å². The van der Waals surface area contributed by atoms with Crippen LogP contribution in [0, 0.1) is 17.7 Å². The summed E-state index contributed by atoms with van der Waals surface area (Å²) in [6.45, 7) is 7.87. The average molecular weight is 592 g/mol. The molecular formula is C29H37N9O5. The van der Waals surface area contributed by atoms with Crippen LogP contribution in [0.5, 0.6) is 5.75 Å². The van der Waals surface area contributed by atoms with Crippen LogP contribution in [0.3, 0.4) is 0 Å². The Labute approximate surface area is 248 Å². The molecule has 5 atom stereocenters. The minimum Gasteiger partial charge on any atom is -0.492 e. The second kappa shape index (κ2) is 9.81. The molecular weight excluding hydrogens is 554 g/mol. The van der Waals surface area contributed by atoms with Crippen LogP contribution in [0.4, 0.5) is 0 Å². The Balaban J connectivity index is 1.28. The normalized spacial score (nSPS) is 30.3. The molecule has 8 N–H and O–H groups in total. The summed E-state index contributed by atoms with van der Waals surface area (Å²) >= 11 is 0. The van der Waals surface area contributed by atoms with Gasteiger partial charge in [0.25, 0.3) is 11.8 Å². The fourth-order valence-corrected chi connectivity index (χ4v) is 6.93. The van der Waals surface area contributed by atoms with Crippen molar-refractivity contribution in [3.05, 3.63) is 58.9 Å². The predicted molar refractivity (Wildman–Crippen MR) is 155 cm³/mol. The SMILES string of the molecule is Cc1cccc(C(=O)NCC2NC(=N)N3CC(NC(=O)c4cccc5c4OCCC5(C)C)[C@](C)(O)C34C2NC(=N)N4O)n1. The van der Waals surface area contributed by atoms with Gasteiger partial charge in [0.1, 0.15) is 17.0 Å². The molecule has 6 rings (SSSR count). The molecule has 4 aliphatic heterocycles. The number of rotatable bonds is 5. The largest absolute Gasteiger partial charge is 0.492 e. The number of benzene rings is 1. The minimum atomic E-state index is -1.89. The Morgan fingerprint density at radius 3 is 2.60 bits per heavy atom. The number of carbonyl (C=O) groups excluding carboxylic acids is 2. The highest BCUT2D eigenvalue weighted by molar-refractivity contribution is 5.98. The molecule has 0 radical (unpaired) electrons. The molecule has 1 aromatic heterocycles. The summed E-state index contributed by atoms with van der Waals surface area (Å²) in [6.07, 6.45) is 0.810. The Hall–Kier alpha value is -4.43. The molecule has 4 unspecified atom stereocenters. The number of aliphatic hydroxyl groups is 1. The summed E-state index contributed by atoms with van der Waals surface area (Å²) in [5.41, 5.74) is -1.66. The smallest absolute Gasteiger partial charge is 0.269 e. The molecule has 3 saturated heterocycles. The quantitative estimate of drug-likeness (QED) is 0.238. The molecule has 0 aliphatic carbocycles. The molecule has 0 bridgehead atoms. The maximum atomic E-state index is 13.7. The highest BCUT2D eigenvalue weighted by Crippen LogP contribution is 2.48. The summed E-state index contributed by atoms with van der Waals surface area (Å²) in [7, 11) is 0. The molecule has 14 nitrogen and oxygen atoms in total. The Bertz CT molecular complexity index is 1530. The molecule has 14 heteroatoms. The van der Waals surface area contributed by atoms with Gasteiger partial charge in [0.05, 0.1) is 30.3 Å². The number of fused-ring (bicyclic) bond motifs is 1. The van der Waals surface area contributed by atoms with Crippen LogP contribution in [-0.4, -0.2) is 98.1 Å². The van der Waals surface area contributed by atoms with Crippen LogP contribution in [0.15, 0.2) is 36.4 Å². The van der Waals surface area contributed by atoms with Crippen LogP contribution in [0.25, 0.3) is 0 Å². The number of ether oxygens (including phenoxy) is 1. The highest BCUT2D eigenvalue weighted by Gasteiger charge is 2.75. The monoisotopic (exact) mass is 591 g/mol. The van der Waals surface area contributed by atoms with Gasteiger partial charge < -0.3 is 36.0 Å². The van der Waals surface area contributed by atoms with Crippen molar-refractivity contribution in [2.24, 2.45) is 0 Å². The van der Waals surface area contributed by atoms with E-state index >= 15 is 0 Å². The van der Waals surface area contributed by atoms with Gasteiger partial charge in [-0.1, -0.05) is 32.0 Å². The number of hydrogen-bond acceptors (Lipinski definition) is 8. The fraction of sp³-hybridized carbons (Fsp3) is 0.483. The van der Waals surface area contributed by atoms with E-state index in [-0.39, 0.29) is 36.1 Å². The van der Waals surface area contributed by atoms with E-state index in [4.69, 9.17) is 15.6 Å². The summed E-state index contributed by atoms with van der Waals surface area (Å²) in [5, 5.41) is 53.0. The zero-order valence-electron chi connectivity index (χ0n) is 24.5. The minimum absolute atomic E-state index is 0.0123. The number of hydroxylamine groups is 2. The number of para-hydroxylation sites is 1. The number of guanidine groups is 2. The first-order valence-electron chi connectivity index (χ1n) is 14.3. The molecule has 2 amide bonds. The molecule has 2 aromatic rings. The summed E-state index contributed by atoms with van der Waals surface area (Å²) in [4.78, 5) is 32.3. The molecule has 1 aromatic carbocycles. The number of aryl methyl sites for hydroxylation is 1. The van der Waals surface area contributed by atoms with Crippen molar-refractivity contribution in [3.8, 4) is 5.75 Å². The van der Waals surface area contributed by atoms with E-state index in [0.29, 0.717) is 28.7 Å². The first-order valence-corrected chi connectivity index (χ1v) is 14.3. The van der Waals surface area contributed by atoms with Crippen LogP contribution in [-0.2, 0) is 5.41 Å². The maximum absolute atomic E-state index is 13.7. The third-order valence-electron chi connectivity index (χ3n) is 9.33. The zero-order valence-corrected chi connectivity index (χ0v) is 24.5. The lowest BCUT2D eigenvalue weighted by atomic mass is 9.77. The lowest BCUT2D eigenvalue weighted by Crippen LogP contribution is -2.81. The van der Waals surface area contributed by atoms with E-state index in [2.05, 4.69) is 40.1 Å². The van der Waals surface area contributed by atoms with Gasteiger partial charge in [-0.2, -0.15) is 5.06 Å². The number of pyridine rings is 1. The maximum Gasteiger partial charge on any atom is 0.269 e. The van der Waals surface area contributed by atoms with Crippen molar-refractivity contribution >= 4 is 23.7 Å². The second-order valence-corrected chi connectivity index (χ2v) is 12.4. The first kappa shape index (κ1) is 28.7. The molecule has 4 aliphatic rings. The van der Waals surface area contributed by atoms with Crippen molar-refractivity contribution in [1.29, 1.82) is 10.8 Å². The van der Waals surface area contributed by atoms with Crippen LogP contribution in [0.2, 0.25) is 0 Å². The standard InChI is InChI=1S/C29H37N9O5/c1-15-7-5-10-18(33-15)24(40)32-13-19-22-29(38(42)26(31)36-22)28(4,41)20(14-37(29)25(30)34-19)35-23(39)16-8-6-9-17-21(16)43-12-11-27(17,2)3/h5-10,19-20,22,41-42H,11-14H2,1-4H3,(H2,30,34)(H2,31,36)(H,32,40)(H,35,39)/t19?,20?,22?,28-,29?/m0/s1. The number of nitrogens with one attached hydrogen (secondary N) is 6. The van der Waals surface area contributed by atoms with Gasteiger partial charge in [-0.3, -0.25) is 25.6 Å². The van der Waals surface area contributed by atoms with Crippen molar-refractivity contribution < 1.29 is 24.6 Å². The summed E-state index contributed by atoms with van der Waals surface area (Å²) in [5.74, 6) is -0.916. The zero-order chi connectivity index (χ0) is 30.9. The highest BCUT2D eigenvalue weighted by atomic mass is 16.5. The number of amides is 2. The number of aromatic nitrogens is 1. The van der Waals surface area contributed by atoms with E-state index in [1.165, 1.54) is 11.8 Å². The van der Waals surface area contributed by atoms with Gasteiger partial charge in [-0.25, -0.2) is 4.98 Å². The van der Waals surface area contributed by atoms with E-state index in [1.807, 2.05) is 6.07 Å². The molecule has 43 heavy (non-hydrogen) atoms. The average Bonchev–Trinajstić information content (AvgIpc) is 3.36. The van der Waals surface area contributed by atoms with Crippen molar-refractivity contribution in [3.63, 3.8) is 0 Å². The van der Waals surface area contributed by atoms with Crippen molar-refractivity contribution in [2.45, 2.75) is 68.9 Å². The van der Waals surface area contributed by atoms with Gasteiger partial charge >= 0.3 is 0 Å². The van der Waals surface area contributed by atoms with Crippen molar-refractivity contribution in [1.82, 2.24) is 36.2 Å². The van der Waals surface area contributed by atoms with Crippen LogP contribution >= 0.6 is 0 Å². The van der Waals surface area contributed by atoms with E-state index in [0.717, 1.165) is 12.0 Å². The van der Waals surface area contributed by atoms with Crippen LogP contribution < -0.4 is 26.0 Å². The van der Waals surface area contributed by atoms with Gasteiger partial charge in [0, 0.05) is 24.3 Å². The second-order valence-electron chi connectivity index (χ2n) is 12.4. The topological polar surface area (TPSA) is 199 Å². The molecule has 5 heterocycles. The Kier molecular flexibility index (Phi) is 6.54. The summed E-state index contributed by atoms with van der Waals surface area (Å²) in [6, 6.07) is 7.94. The van der Waals surface area contributed by atoms with Gasteiger partial charge in [0.15, 0.2) is 11.6 Å². The van der Waals surface area contributed by atoms with E-state index in [9.17, 15) is 19.9 Å². The van der Waals surface area contributed by atoms with Gasteiger partial charge in [-0.15, -0.1) is 0 Å². The van der Waals surface area contributed by atoms with Crippen molar-refractivity contribution in [2.75, 3.05) is 19.7 Å². The van der Waals surface area contributed by atoms with Crippen LogP contribution in [0.1, 0.15) is 59.3 Å². The number of carbonyl (C=O) groups is 2. The fourth-order valence-electron chi connectivity index (χ4n) is 6.93. The Morgan fingerprint density at radius 2 is 1.86 bits per heavy atom. The van der Waals surface area contributed by atoms with Gasteiger partial charge in [0.2, 0.25) is 5.96 Å². The molecule has 1 spiro atoms. The number of nitrogens with zero attached hydrogens (tertiary/aromatic N) is 3. The lowest BCUT2D eigenvalue weighted by Gasteiger charge is -2.53. The lowest BCUT2D eigenvalue weighted by molar-refractivity contribution is -0.218. The van der Waals surface area contributed by atoms with E-state index in [1.54, 1.807) is 37.3 Å². The predicted octanol–water partition coefficient (Wildman–Crippen LogP) is 0.246. The molecule has 3 fully saturated rings. The first-order chi connectivity index (χ1) is 20.3. The third-order valence-corrected chi connectivity index (χ3v) is 9.33. The number of hydrogen-bond donors (Lipinski definition) is 8. The summed E-state index contributed by atoms with van der Waals surface area (Å²) < 4.78 is 5.93. The molecule has 0 saturated carbocycles. The van der Waals surface area contributed by atoms with Gasteiger partial charge in [-0.05, 0) is 43.9 Å². The Morgan fingerprint density at radius 1 is 1.12 bits per heavy atom.